The van der Waals surface area contributed by atoms with Crippen molar-refractivity contribution in [3.63, 3.8) is 0 Å². The second-order valence-electron chi connectivity index (χ2n) is 9.18. The van der Waals surface area contributed by atoms with Gasteiger partial charge in [-0.1, -0.05) is 73.9 Å². The molecule has 0 bridgehead atoms. The fourth-order valence-corrected chi connectivity index (χ4v) is 5.91. The zero-order valence-electron chi connectivity index (χ0n) is 17.4. The minimum Gasteiger partial charge on any atom is -0.301 e. The number of piperazine rings is 1. The largest absolute Gasteiger partial charge is 0.301 e. The Labute approximate surface area is 174 Å². The summed E-state index contributed by atoms with van der Waals surface area (Å²) in [5.74, 6) is 1.18. The Kier molecular flexibility index (Phi) is 5.28. The van der Waals surface area contributed by atoms with Gasteiger partial charge in [0.05, 0.1) is 0 Å². The molecular formula is C26H32N2O. The second-order valence-corrected chi connectivity index (χ2v) is 9.18. The lowest BCUT2D eigenvalue weighted by molar-refractivity contribution is 0.0258. The first-order valence-corrected chi connectivity index (χ1v) is 11.4. The van der Waals surface area contributed by atoms with Crippen LogP contribution in [0.25, 0.3) is 0 Å². The van der Waals surface area contributed by atoms with Crippen molar-refractivity contribution in [1.29, 1.82) is 0 Å². The van der Waals surface area contributed by atoms with E-state index >= 15 is 0 Å². The van der Waals surface area contributed by atoms with Gasteiger partial charge in [0, 0.05) is 44.7 Å². The van der Waals surface area contributed by atoms with Crippen molar-refractivity contribution in [3.8, 4) is 0 Å². The molecule has 1 heterocycles. The van der Waals surface area contributed by atoms with Crippen LogP contribution in [0.4, 0.5) is 0 Å². The van der Waals surface area contributed by atoms with Crippen LogP contribution in [0, 0.1) is 5.92 Å². The van der Waals surface area contributed by atoms with Crippen LogP contribution in [0.3, 0.4) is 0 Å². The van der Waals surface area contributed by atoms with Crippen molar-refractivity contribution in [3.05, 3.63) is 71.3 Å². The van der Waals surface area contributed by atoms with Gasteiger partial charge in [-0.05, 0) is 29.9 Å². The third kappa shape index (κ3) is 3.45. The fourth-order valence-electron chi connectivity index (χ4n) is 5.91. The second kappa shape index (κ2) is 8.04. The number of hydrogen-bond donors (Lipinski definition) is 0. The van der Waals surface area contributed by atoms with Gasteiger partial charge in [-0.3, -0.25) is 9.69 Å². The Balaban J connectivity index is 1.37. The first-order chi connectivity index (χ1) is 14.3. The molecule has 2 aromatic carbocycles. The number of ketones is 1. The third-order valence-electron chi connectivity index (χ3n) is 7.49. The molecule has 0 N–H and O–H groups in total. The number of hydrogen-bond acceptors (Lipinski definition) is 3. The molecule has 0 aromatic heterocycles. The van der Waals surface area contributed by atoms with E-state index in [0.29, 0.717) is 5.78 Å². The third-order valence-corrected chi connectivity index (χ3v) is 7.49. The first-order valence-electron chi connectivity index (χ1n) is 11.4. The molecule has 1 atom stereocenters. The maximum atomic E-state index is 13.8. The summed E-state index contributed by atoms with van der Waals surface area (Å²) in [5.41, 5.74) is 2.75. The highest BCUT2D eigenvalue weighted by atomic mass is 16.1. The molecular weight excluding hydrogens is 356 g/mol. The Morgan fingerprint density at radius 2 is 1.52 bits per heavy atom. The number of carbonyl (C=O) groups is 1. The molecule has 3 nitrogen and oxygen atoms in total. The van der Waals surface area contributed by atoms with Crippen LogP contribution in [0.1, 0.15) is 53.6 Å². The van der Waals surface area contributed by atoms with Crippen LogP contribution in [-0.2, 0) is 12.0 Å². The normalized spacial score (nSPS) is 26.6. The summed E-state index contributed by atoms with van der Waals surface area (Å²) in [6.45, 7) is 5.35. The van der Waals surface area contributed by atoms with Crippen LogP contribution in [0.2, 0.25) is 0 Å². The molecule has 0 amide bonds. The maximum Gasteiger partial charge on any atom is 0.188 e. The highest BCUT2D eigenvalue weighted by molar-refractivity contribution is 6.08. The highest BCUT2D eigenvalue weighted by Gasteiger charge is 2.51. The van der Waals surface area contributed by atoms with E-state index in [4.69, 9.17) is 0 Å². The summed E-state index contributed by atoms with van der Waals surface area (Å²) >= 11 is 0. The lowest BCUT2D eigenvalue weighted by Crippen LogP contribution is -2.58. The van der Waals surface area contributed by atoms with Gasteiger partial charge in [-0.2, -0.15) is 0 Å². The van der Waals surface area contributed by atoms with Gasteiger partial charge in [-0.25, -0.2) is 0 Å². The number of fused-ring (bicyclic) bond motifs is 1. The average molecular weight is 389 g/mol. The van der Waals surface area contributed by atoms with Crippen molar-refractivity contribution < 1.29 is 4.79 Å². The SMILES string of the molecule is O=C1c2ccccc2C[C@@]1(c1ccccc1)N1CCN(CC2CCCCC2)CC1. The smallest absolute Gasteiger partial charge is 0.188 e. The van der Waals surface area contributed by atoms with Gasteiger partial charge < -0.3 is 4.90 Å². The molecule has 3 heteroatoms. The van der Waals surface area contributed by atoms with Gasteiger partial charge in [-0.15, -0.1) is 0 Å². The average Bonchev–Trinajstić information content (AvgIpc) is 3.09. The molecule has 1 saturated heterocycles. The van der Waals surface area contributed by atoms with Gasteiger partial charge in [0.1, 0.15) is 5.54 Å². The number of Topliss-reactive ketones (excluding diaryl/α,β-unsaturated/α-hetero) is 1. The van der Waals surface area contributed by atoms with E-state index in [9.17, 15) is 4.79 Å². The van der Waals surface area contributed by atoms with E-state index in [1.54, 1.807) is 0 Å². The van der Waals surface area contributed by atoms with Crippen LogP contribution >= 0.6 is 0 Å². The fraction of sp³-hybridized carbons (Fsp3) is 0.500. The zero-order chi connectivity index (χ0) is 19.7. The summed E-state index contributed by atoms with van der Waals surface area (Å²) in [5, 5.41) is 0. The predicted octanol–water partition coefficient (Wildman–Crippen LogP) is 4.52. The topological polar surface area (TPSA) is 23.6 Å². The van der Waals surface area contributed by atoms with Crippen molar-refractivity contribution in [1.82, 2.24) is 9.80 Å². The molecule has 152 valence electrons. The Bertz CT molecular complexity index is 850. The van der Waals surface area contributed by atoms with E-state index in [-0.39, 0.29) is 0 Å². The van der Waals surface area contributed by atoms with Gasteiger partial charge in [0.15, 0.2) is 5.78 Å². The van der Waals surface area contributed by atoms with E-state index in [1.807, 2.05) is 18.2 Å². The molecule has 2 fully saturated rings. The minimum atomic E-state index is -0.526. The number of benzene rings is 2. The molecule has 1 saturated carbocycles. The lowest BCUT2D eigenvalue weighted by atomic mass is 9.83. The van der Waals surface area contributed by atoms with Crippen molar-refractivity contribution >= 4 is 5.78 Å². The molecule has 3 aliphatic rings. The lowest BCUT2D eigenvalue weighted by Gasteiger charge is -2.46. The summed E-state index contributed by atoms with van der Waals surface area (Å²) in [7, 11) is 0. The van der Waals surface area contributed by atoms with Crippen LogP contribution in [0.15, 0.2) is 54.6 Å². The van der Waals surface area contributed by atoms with Gasteiger partial charge in [0.25, 0.3) is 0 Å². The molecule has 0 unspecified atom stereocenters. The minimum absolute atomic E-state index is 0.292. The standard InChI is InChI=1S/C26H32N2O/c29-25-24-14-8-7-11-22(24)19-26(25,23-12-5-2-6-13-23)28-17-15-27(16-18-28)20-21-9-3-1-4-10-21/h2,5-8,11-14,21H,1,3-4,9-10,15-20H2/t26-/m0/s1. The van der Waals surface area contributed by atoms with Crippen molar-refractivity contribution in [2.75, 3.05) is 32.7 Å². The molecule has 0 radical (unpaired) electrons. The van der Waals surface area contributed by atoms with E-state index < -0.39 is 5.54 Å². The Hall–Kier alpha value is -1.97. The monoisotopic (exact) mass is 388 g/mol. The van der Waals surface area contributed by atoms with Crippen molar-refractivity contribution in [2.24, 2.45) is 5.92 Å². The molecule has 2 aromatic rings. The molecule has 2 aliphatic carbocycles. The number of carbonyl (C=O) groups excluding carboxylic acids is 1. The van der Waals surface area contributed by atoms with E-state index in [0.717, 1.165) is 49.6 Å². The first kappa shape index (κ1) is 19.0. The Morgan fingerprint density at radius 1 is 0.828 bits per heavy atom. The van der Waals surface area contributed by atoms with Gasteiger partial charge >= 0.3 is 0 Å². The van der Waals surface area contributed by atoms with Crippen LogP contribution in [0.5, 0.6) is 0 Å². The summed E-state index contributed by atoms with van der Waals surface area (Å²) in [4.78, 5) is 18.9. The Morgan fingerprint density at radius 3 is 2.24 bits per heavy atom. The van der Waals surface area contributed by atoms with Gasteiger partial charge in [0.2, 0.25) is 0 Å². The van der Waals surface area contributed by atoms with Crippen LogP contribution < -0.4 is 0 Å². The van der Waals surface area contributed by atoms with Crippen molar-refractivity contribution in [2.45, 2.75) is 44.1 Å². The predicted molar refractivity (Wildman–Crippen MR) is 117 cm³/mol. The summed E-state index contributed by atoms with van der Waals surface area (Å²) in [6, 6.07) is 18.7. The van der Waals surface area contributed by atoms with Crippen LogP contribution in [-0.4, -0.2) is 48.3 Å². The molecule has 1 aliphatic heterocycles. The molecule has 5 rings (SSSR count). The zero-order valence-corrected chi connectivity index (χ0v) is 17.4. The number of nitrogens with zero attached hydrogens (tertiary/aromatic N) is 2. The molecule has 0 spiro atoms. The quantitative estimate of drug-likeness (QED) is 0.769. The summed E-state index contributed by atoms with van der Waals surface area (Å²) < 4.78 is 0. The van der Waals surface area contributed by atoms with E-state index in [1.165, 1.54) is 44.2 Å². The molecule has 29 heavy (non-hydrogen) atoms. The summed E-state index contributed by atoms with van der Waals surface area (Å²) in [6.07, 6.45) is 7.86. The maximum absolute atomic E-state index is 13.8. The highest BCUT2D eigenvalue weighted by Crippen LogP contribution is 2.43. The number of rotatable bonds is 4. The van der Waals surface area contributed by atoms with E-state index in [2.05, 4.69) is 46.2 Å².